The van der Waals surface area contributed by atoms with Crippen molar-refractivity contribution >= 4 is 34.8 Å². The monoisotopic (exact) mass is 363 g/mol. The second-order valence-corrected chi connectivity index (χ2v) is 7.00. The summed E-state index contributed by atoms with van der Waals surface area (Å²) in [6.07, 6.45) is 2.03. The molecule has 0 aliphatic heterocycles. The number of rotatable bonds is 5. The van der Waals surface area contributed by atoms with Crippen LogP contribution in [0.4, 0.5) is 5.69 Å². The summed E-state index contributed by atoms with van der Waals surface area (Å²) in [6, 6.07) is 26.2. The van der Waals surface area contributed by atoms with Crippen LogP contribution < -0.4 is 0 Å². The lowest BCUT2D eigenvalue weighted by atomic mass is 10.1. The first-order valence-corrected chi connectivity index (χ1v) is 9.26. The first-order chi connectivity index (χ1) is 12.2. The number of hydrogen-bond acceptors (Lipinski definition) is 2. The molecule has 0 aliphatic carbocycles. The summed E-state index contributed by atoms with van der Waals surface area (Å²) >= 11 is 7.83. The molecule has 0 unspecified atom stereocenters. The largest absolute Gasteiger partial charge is 0.248 e. The number of halogens is 1. The number of allylic oxidation sites excluding steroid dienone is 1. The fraction of sp³-hybridized carbons (Fsp3) is 0.0455. The van der Waals surface area contributed by atoms with E-state index in [1.807, 2.05) is 60.7 Å². The van der Waals surface area contributed by atoms with E-state index in [-0.39, 0.29) is 0 Å². The second-order valence-electron chi connectivity index (χ2n) is 5.58. The molecule has 0 saturated heterocycles. The van der Waals surface area contributed by atoms with Crippen LogP contribution in [0.2, 0.25) is 5.02 Å². The van der Waals surface area contributed by atoms with Gasteiger partial charge in [0.05, 0.1) is 11.4 Å². The zero-order chi connectivity index (χ0) is 17.5. The van der Waals surface area contributed by atoms with E-state index in [9.17, 15) is 0 Å². The van der Waals surface area contributed by atoms with Crippen molar-refractivity contribution < 1.29 is 0 Å². The number of hydrogen-bond donors (Lipinski definition) is 0. The SMILES string of the molecule is Cc1cccc(SC=CC(=Nc2ccccc2)c2cccc(Cl)c2)c1. The summed E-state index contributed by atoms with van der Waals surface area (Å²) in [7, 11) is 0. The molecule has 0 atom stereocenters. The van der Waals surface area contributed by atoms with Crippen LogP contribution >= 0.6 is 23.4 Å². The number of aryl methyl sites for hydroxylation is 1. The summed E-state index contributed by atoms with van der Waals surface area (Å²) in [4.78, 5) is 5.99. The predicted octanol–water partition coefficient (Wildman–Crippen LogP) is 7.08. The van der Waals surface area contributed by atoms with Gasteiger partial charge in [-0.2, -0.15) is 0 Å². The highest BCUT2D eigenvalue weighted by Crippen LogP contribution is 2.22. The molecule has 0 saturated carbocycles. The number of thioether (sulfide) groups is 1. The molecule has 3 aromatic carbocycles. The highest BCUT2D eigenvalue weighted by Gasteiger charge is 2.02. The van der Waals surface area contributed by atoms with Crippen molar-refractivity contribution in [2.75, 3.05) is 0 Å². The van der Waals surface area contributed by atoms with Gasteiger partial charge in [0.2, 0.25) is 0 Å². The topological polar surface area (TPSA) is 12.4 Å². The van der Waals surface area contributed by atoms with Gasteiger partial charge < -0.3 is 0 Å². The van der Waals surface area contributed by atoms with E-state index in [0.29, 0.717) is 5.02 Å². The average Bonchev–Trinajstić information content (AvgIpc) is 2.62. The third-order valence-corrected chi connectivity index (χ3v) is 4.58. The minimum atomic E-state index is 0.706. The van der Waals surface area contributed by atoms with Crippen molar-refractivity contribution in [1.82, 2.24) is 0 Å². The van der Waals surface area contributed by atoms with E-state index in [1.54, 1.807) is 11.8 Å². The third-order valence-electron chi connectivity index (χ3n) is 3.55. The van der Waals surface area contributed by atoms with Gasteiger partial charge in [0.15, 0.2) is 0 Å². The Balaban J connectivity index is 1.88. The van der Waals surface area contributed by atoms with Crippen LogP contribution in [-0.2, 0) is 0 Å². The Labute approximate surface area is 158 Å². The number of aliphatic imine (C=N–C) groups is 1. The van der Waals surface area contributed by atoms with Gasteiger partial charge in [-0.15, -0.1) is 0 Å². The molecule has 25 heavy (non-hydrogen) atoms. The Morgan fingerprint density at radius 3 is 2.48 bits per heavy atom. The molecule has 1 nitrogen and oxygen atoms in total. The van der Waals surface area contributed by atoms with Crippen molar-refractivity contribution in [2.24, 2.45) is 4.99 Å². The molecule has 0 heterocycles. The number of para-hydroxylation sites is 1. The van der Waals surface area contributed by atoms with E-state index in [1.165, 1.54) is 10.5 Å². The Morgan fingerprint density at radius 1 is 0.920 bits per heavy atom. The first-order valence-electron chi connectivity index (χ1n) is 8.00. The molecular formula is C22H18ClNS. The maximum absolute atomic E-state index is 6.15. The van der Waals surface area contributed by atoms with Gasteiger partial charge >= 0.3 is 0 Å². The van der Waals surface area contributed by atoms with E-state index >= 15 is 0 Å². The van der Waals surface area contributed by atoms with Crippen LogP contribution in [0.15, 0.2) is 100 Å². The summed E-state index contributed by atoms with van der Waals surface area (Å²) in [5.41, 5.74) is 4.06. The van der Waals surface area contributed by atoms with Gasteiger partial charge in [0.25, 0.3) is 0 Å². The number of benzene rings is 3. The Kier molecular flexibility index (Phi) is 6.10. The zero-order valence-electron chi connectivity index (χ0n) is 13.9. The quantitative estimate of drug-likeness (QED) is 0.348. The van der Waals surface area contributed by atoms with Crippen molar-refractivity contribution in [1.29, 1.82) is 0 Å². The summed E-state index contributed by atoms with van der Waals surface area (Å²) in [6.45, 7) is 2.10. The summed E-state index contributed by atoms with van der Waals surface area (Å²) in [5.74, 6) is 0. The van der Waals surface area contributed by atoms with Crippen LogP contribution in [0.3, 0.4) is 0 Å². The smallest absolute Gasteiger partial charge is 0.0715 e. The molecular weight excluding hydrogens is 346 g/mol. The van der Waals surface area contributed by atoms with Crippen LogP contribution in [0.25, 0.3) is 0 Å². The van der Waals surface area contributed by atoms with E-state index in [0.717, 1.165) is 17.0 Å². The maximum atomic E-state index is 6.15. The predicted molar refractivity (Wildman–Crippen MR) is 110 cm³/mol. The van der Waals surface area contributed by atoms with E-state index < -0.39 is 0 Å². The number of nitrogens with zero attached hydrogens (tertiary/aromatic N) is 1. The van der Waals surface area contributed by atoms with Gasteiger partial charge in [0, 0.05) is 15.5 Å². The molecule has 0 aromatic heterocycles. The van der Waals surface area contributed by atoms with Crippen molar-refractivity contribution in [3.05, 3.63) is 106 Å². The average molecular weight is 364 g/mol. The second kappa shape index (κ2) is 8.70. The molecule has 3 aromatic rings. The Bertz CT molecular complexity index is 901. The Hall–Kier alpha value is -2.29. The molecule has 0 amide bonds. The third kappa shape index (κ3) is 5.35. The minimum absolute atomic E-state index is 0.706. The molecule has 124 valence electrons. The molecule has 0 N–H and O–H groups in total. The van der Waals surface area contributed by atoms with Gasteiger partial charge in [0.1, 0.15) is 0 Å². The maximum Gasteiger partial charge on any atom is 0.0715 e. The highest BCUT2D eigenvalue weighted by molar-refractivity contribution is 8.02. The normalized spacial score (nSPS) is 11.8. The van der Waals surface area contributed by atoms with Crippen LogP contribution in [0.5, 0.6) is 0 Å². The zero-order valence-corrected chi connectivity index (χ0v) is 15.5. The molecule has 0 fully saturated rings. The van der Waals surface area contributed by atoms with Crippen LogP contribution in [0.1, 0.15) is 11.1 Å². The minimum Gasteiger partial charge on any atom is -0.248 e. The lowest BCUT2D eigenvalue weighted by Gasteiger charge is -2.04. The van der Waals surface area contributed by atoms with Gasteiger partial charge in [-0.05, 0) is 54.8 Å². The van der Waals surface area contributed by atoms with Crippen molar-refractivity contribution in [3.63, 3.8) is 0 Å². The van der Waals surface area contributed by atoms with Gasteiger partial charge in [-0.25, -0.2) is 4.99 Å². The van der Waals surface area contributed by atoms with Gasteiger partial charge in [-0.1, -0.05) is 71.4 Å². The standard InChI is InChI=1S/C22H18ClNS/c1-17-7-5-12-21(15-17)25-14-13-22(18-8-6-9-19(23)16-18)24-20-10-3-2-4-11-20/h2-16H,1H3. The van der Waals surface area contributed by atoms with Crippen LogP contribution in [0, 0.1) is 6.92 Å². The first kappa shape index (κ1) is 17.5. The highest BCUT2D eigenvalue weighted by atomic mass is 35.5. The molecule has 0 aliphatic rings. The lowest BCUT2D eigenvalue weighted by Crippen LogP contribution is -1.95. The lowest BCUT2D eigenvalue weighted by molar-refractivity contribution is 1.37. The van der Waals surface area contributed by atoms with Crippen molar-refractivity contribution in [2.45, 2.75) is 11.8 Å². The molecule has 3 heteroatoms. The van der Waals surface area contributed by atoms with Crippen molar-refractivity contribution in [3.8, 4) is 0 Å². The van der Waals surface area contributed by atoms with E-state index in [2.05, 4.69) is 36.6 Å². The molecule has 3 rings (SSSR count). The van der Waals surface area contributed by atoms with Gasteiger partial charge in [-0.3, -0.25) is 0 Å². The van der Waals surface area contributed by atoms with Crippen LogP contribution in [-0.4, -0.2) is 5.71 Å². The molecule has 0 spiro atoms. The summed E-state index contributed by atoms with van der Waals surface area (Å²) < 4.78 is 0. The van der Waals surface area contributed by atoms with E-state index in [4.69, 9.17) is 16.6 Å². The molecule has 0 bridgehead atoms. The molecule has 0 radical (unpaired) electrons. The fourth-order valence-corrected chi connectivity index (χ4v) is 3.31. The Morgan fingerprint density at radius 2 is 1.72 bits per heavy atom. The summed E-state index contributed by atoms with van der Waals surface area (Å²) in [5, 5.41) is 2.77. The fourth-order valence-electron chi connectivity index (χ4n) is 2.35.